The number of alkyl carbamates (subject to hydrolysis) is 1. The zero-order valence-electron chi connectivity index (χ0n) is 8.45. The molecule has 2 heterocycles. The van der Waals surface area contributed by atoms with Crippen LogP contribution < -0.4 is 10.6 Å². The molecule has 0 radical (unpaired) electrons. The number of nitrogens with zero attached hydrogens (tertiary/aromatic N) is 1. The van der Waals surface area contributed by atoms with Gasteiger partial charge in [-0.1, -0.05) is 0 Å². The highest BCUT2D eigenvalue weighted by molar-refractivity contribution is 5.69. The van der Waals surface area contributed by atoms with Gasteiger partial charge < -0.3 is 15.4 Å². The smallest absolute Gasteiger partial charge is 0.407 e. The van der Waals surface area contributed by atoms with E-state index in [1.807, 2.05) is 0 Å². The number of ether oxygens (including phenoxy) is 1. The van der Waals surface area contributed by atoms with Crippen LogP contribution in [-0.4, -0.2) is 55.9 Å². The maximum absolute atomic E-state index is 10.8. The second kappa shape index (κ2) is 4.14. The summed E-state index contributed by atoms with van der Waals surface area (Å²) in [4.78, 5) is 13.2. The third-order valence-corrected chi connectivity index (χ3v) is 2.82. The van der Waals surface area contributed by atoms with E-state index in [1.54, 1.807) is 0 Å². The molecule has 5 heteroatoms. The number of rotatable bonds is 2. The average molecular weight is 199 g/mol. The molecule has 0 aromatic carbocycles. The Labute approximate surface area is 83.8 Å². The molecule has 2 saturated heterocycles. The minimum Gasteiger partial charge on any atom is -0.443 e. The Hall–Kier alpha value is -0.810. The molecule has 0 bridgehead atoms. The van der Waals surface area contributed by atoms with Crippen LogP contribution in [0.1, 0.15) is 6.92 Å². The summed E-state index contributed by atoms with van der Waals surface area (Å²) in [6.45, 7) is 6.77. The first-order chi connectivity index (χ1) is 6.75. The summed E-state index contributed by atoms with van der Waals surface area (Å²) >= 11 is 0. The lowest BCUT2D eigenvalue weighted by atomic mass is 10.2. The number of cyclic esters (lactones) is 1. The Kier molecular flexibility index (Phi) is 2.88. The van der Waals surface area contributed by atoms with Crippen LogP contribution in [0.5, 0.6) is 0 Å². The fourth-order valence-electron chi connectivity index (χ4n) is 1.95. The van der Waals surface area contributed by atoms with Gasteiger partial charge in [0.2, 0.25) is 0 Å². The van der Waals surface area contributed by atoms with Crippen LogP contribution in [0.15, 0.2) is 0 Å². The van der Waals surface area contributed by atoms with E-state index in [1.165, 1.54) is 0 Å². The lowest BCUT2D eigenvalue weighted by molar-refractivity contribution is 0.0833. The molecular formula is C9H17N3O2. The molecule has 1 unspecified atom stereocenters. The predicted molar refractivity (Wildman–Crippen MR) is 52.2 cm³/mol. The van der Waals surface area contributed by atoms with Crippen molar-refractivity contribution in [1.82, 2.24) is 15.5 Å². The first kappa shape index (κ1) is 9.73. The van der Waals surface area contributed by atoms with Crippen molar-refractivity contribution in [2.45, 2.75) is 19.1 Å². The molecule has 2 aliphatic rings. The Morgan fingerprint density at radius 1 is 1.57 bits per heavy atom. The molecule has 2 atom stereocenters. The summed E-state index contributed by atoms with van der Waals surface area (Å²) in [6, 6.07) is 0.531. The van der Waals surface area contributed by atoms with E-state index in [9.17, 15) is 4.79 Å². The molecule has 2 aliphatic heterocycles. The van der Waals surface area contributed by atoms with Crippen LogP contribution in [0.2, 0.25) is 0 Å². The van der Waals surface area contributed by atoms with Gasteiger partial charge in [0.25, 0.3) is 0 Å². The number of carbonyl (C=O) groups excluding carboxylic acids is 1. The highest BCUT2D eigenvalue weighted by Crippen LogP contribution is 2.07. The van der Waals surface area contributed by atoms with E-state index < -0.39 is 0 Å². The Morgan fingerprint density at radius 3 is 3.07 bits per heavy atom. The van der Waals surface area contributed by atoms with E-state index in [2.05, 4.69) is 22.5 Å². The Bertz CT molecular complexity index is 222. The van der Waals surface area contributed by atoms with E-state index in [4.69, 9.17) is 4.74 Å². The van der Waals surface area contributed by atoms with E-state index in [-0.39, 0.29) is 12.2 Å². The van der Waals surface area contributed by atoms with Crippen molar-refractivity contribution in [2.24, 2.45) is 0 Å². The molecule has 0 aromatic rings. The predicted octanol–water partition coefficient (Wildman–Crippen LogP) is -0.611. The minimum atomic E-state index is -0.280. The lowest BCUT2D eigenvalue weighted by Crippen LogP contribution is -2.52. The topological polar surface area (TPSA) is 53.6 Å². The SMILES string of the molecule is C[C@H]1CNCCN1CC1CNC(=O)O1. The molecule has 0 saturated carbocycles. The summed E-state index contributed by atoms with van der Waals surface area (Å²) in [5.41, 5.74) is 0. The largest absolute Gasteiger partial charge is 0.443 e. The molecule has 0 spiro atoms. The Morgan fingerprint density at radius 2 is 2.43 bits per heavy atom. The zero-order chi connectivity index (χ0) is 9.97. The number of hydrogen-bond donors (Lipinski definition) is 2. The first-order valence-electron chi connectivity index (χ1n) is 5.15. The molecule has 2 rings (SSSR count). The summed E-state index contributed by atoms with van der Waals surface area (Å²) in [6.07, 6.45) is -0.249. The fraction of sp³-hybridized carbons (Fsp3) is 0.889. The van der Waals surface area contributed by atoms with E-state index in [0.29, 0.717) is 12.6 Å². The lowest BCUT2D eigenvalue weighted by Gasteiger charge is -2.34. The van der Waals surface area contributed by atoms with Crippen LogP contribution in [0.25, 0.3) is 0 Å². The quantitative estimate of drug-likeness (QED) is 0.623. The standard InChI is InChI=1S/C9H17N3O2/c1-7-4-10-2-3-12(7)6-8-5-11-9(13)14-8/h7-8,10H,2-6H2,1H3,(H,11,13)/t7-,8?/m0/s1. The number of piperazine rings is 1. The molecule has 1 amide bonds. The third kappa shape index (κ3) is 2.16. The number of hydrogen-bond acceptors (Lipinski definition) is 4. The molecule has 0 aliphatic carbocycles. The van der Waals surface area contributed by atoms with Crippen molar-refractivity contribution in [2.75, 3.05) is 32.7 Å². The van der Waals surface area contributed by atoms with Crippen LogP contribution in [0.4, 0.5) is 4.79 Å². The van der Waals surface area contributed by atoms with Gasteiger partial charge in [0.05, 0.1) is 6.54 Å². The second-order valence-corrected chi connectivity index (χ2v) is 3.96. The fourth-order valence-corrected chi connectivity index (χ4v) is 1.95. The van der Waals surface area contributed by atoms with Crippen molar-refractivity contribution in [1.29, 1.82) is 0 Å². The van der Waals surface area contributed by atoms with Gasteiger partial charge in [-0.3, -0.25) is 4.90 Å². The second-order valence-electron chi connectivity index (χ2n) is 3.96. The van der Waals surface area contributed by atoms with Crippen LogP contribution in [0, 0.1) is 0 Å². The summed E-state index contributed by atoms with van der Waals surface area (Å²) in [5, 5.41) is 6.00. The number of amides is 1. The molecule has 5 nitrogen and oxygen atoms in total. The summed E-state index contributed by atoms with van der Waals surface area (Å²) in [7, 11) is 0. The van der Waals surface area contributed by atoms with Crippen molar-refractivity contribution in [3.63, 3.8) is 0 Å². The molecule has 80 valence electrons. The monoisotopic (exact) mass is 199 g/mol. The normalized spacial score (nSPS) is 33.9. The Balaban J connectivity index is 1.81. The molecular weight excluding hydrogens is 182 g/mol. The maximum atomic E-state index is 10.8. The van der Waals surface area contributed by atoms with Gasteiger partial charge in [-0.2, -0.15) is 0 Å². The maximum Gasteiger partial charge on any atom is 0.407 e. The molecule has 14 heavy (non-hydrogen) atoms. The first-order valence-corrected chi connectivity index (χ1v) is 5.15. The van der Waals surface area contributed by atoms with Gasteiger partial charge in [-0.25, -0.2) is 4.79 Å². The highest BCUT2D eigenvalue weighted by Gasteiger charge is 2.27. The van der Waals surface area contributed by atoms with Crippen molar-refractivity contribution in [3.05, 3.63) is 0 Å². The van der Waals surface area contributed by atoms with E-state index in [0.717, 1.165) is 26.2 Å². The zero-order valence-corrected chi connectivity index (χ0v) is 8.45. The summed E-state index contributed by atoms with van der Waals surface area (Å²) in [5.74, 6) is 0. The minimum absolute atomic E-state index is 0.0306. The van der Waals surface area contributed by atoms with Crippen molar-refractivity contribution in [3.8, 4) is 0 Å². The van der Waals surface area contributed by atoms with Crippen LogP contribution in [0.3, 0.4) is 0 Å². The number of nitrogens with one attached hydrogen (secondary N) is 2. The third-order valence-electron chi connectivity index (χ3n) is 2.82. The summed E-state index contributed by atoms with van der Waals surface area (Å²) < 4.78 is 5.10. The van der Waals surface area contributed by atoms with Gasteiger partial charge in [0.1, 0.15) is 6.10 Å². The molecule has 2 fully saturated rings. The van der Waals surface area contributed by atoms with Gasteiger partial charge in [0, 0.05) is 32.2 Å². The average Bonchev–Trinajstić information content (AvgIpc) is 2.56. The van der Waals surface area contributed by atoms with Gasteiger partial charge in [-0.15, -0.1) is 0 Å². The van der Waals surface area contributed by atoms with Crippen LogP contribution in [-0.2, 0) is 4.74 Å². The van der Waals surface area contributed by atoms with E-state index >= 15 is 0 Å². The van der Waals surface area contributed by atoms with Gasteiger partial charge in [-0.05, 0) is 6.92 Å². The van der Waals surface area contributed by atoms with Gasteiger partial charge in [0.15, 0.2) is 0 Å². The van der Waals surface area contributed by atoms with Crippen LogP contribution >= 0.6 is 0 Å². The number of carbonyl (C=O) groups is 1. The molecule has 0 aromatic heterocycles. The highest BCUT2D eigenvalue weighted by atomic mass is 16.6. The van der Waals surface area contributed by atoms with Crippen molar-refractivity contribution >= 4 is 6.09 Å². The molecule has 2 N–H and O–H groups in total. The van der Waals surface area contributed by atoms with Crippen molar-refractivity contribution < 1.29 is 9.53 Å². The van der Waals surface area contributed by atoms with Gasteiger partial charge >= 0.3 is 6.09 Å².